The summed E-state index contributed by atoms with van der Waals surface area (Å²) in [6.45, 7) is 2.39. The molecule has 1 rings (SSSR count). The van der Waals surface area contributed by atoms with Crippen LogP contribution in [0.3, 0.4) is 0 Å². The predicted molar refractivity (Wildman–Crippen MR) is 52.2 cm³/mol. The molecule has 0 heterocycles. The third-order valence-electron chi connectivity index (χ3n) is 2.43. The van der Waals surface area contributed by atoms with Gasteiger partial charge in [0.15, 0.2) is 15.3 Å². The van der Waals surface area contributed by atoms with Crippen molar-refractivity contribution in [1.29, 1.82) is 0 Å². The molecule has 14 heavy (non-hydrogen) atoms. The molecule has 0 fully saturated rings. The zero-order valence-corrected chi connectivity index (χ0v) is 8.83. The van der Waals surface area contributed by atoms with Gasteiger partial charge < -0.3 is 5.11 Å². The Kier molecular flexibility index (Phi) is 2.83. The van der Waals surface area contributed by atoms with Crippen LogP contribution in [-0.2, 0) is 9.84 Å². The van der Waals surface area contributed by atoms with Gasteiger partial charge in [0.1, 0.15) is 10.9 Å². The first kappa shape index (κ1) is 11.4. The van der Waals surface area contributed by atoms with Gasteiger partial charge in [0.25, 0.3) is 0 Å². The molecule has 5 heteroatoms. The third-order valence-corrected chi connectivity index (χ3v) is 4.91. The zero-order valence-electron chi connectivity index (χ0n) is 8.01. The van der Waals surface area contributed by atoms with Gasteiger partial charge in [-0.15, -0.1) is 0 Å². The van der Waals surface area contributed by atoms with Crippen molar-refractivity contribution < 1.29 is 17.9 Å². The first-order valence-corrected chi connectivity index (χ1v) is 5.78. The molecule has 0 amide bonds. The van der Waals surface area contributed by atoms with Crippen LogP contribution in [0.15, 0.2) is 24.3 Å². The predicted octanol–water partition coefficient (Wildman–Crippen LogP) is 0.962. The summed E-state index contributed by atoms with van der Waals surface area (Å²) in [6.07, 6.45) is 3.73. The normalized spacial score (nSPS) is 34.4. The van der Waals surface area contributed by atoms with Crippen molar-refractivity contribution in [3.8, 4) is 0 Å². The molecule has 0 bridgehead atoms. The fraction of sp³-hybridized carbons (Fsp3) is 0.556. The van der Waals surface area contributed by atoms with Gasteiger partial charge in [0.05, 0.1) is 0 Å². The van der Waals surface area contributed by atoms with E-state index in [2.05, 4.69) is 0 Å². The summed E-state index contributed by atoms with van der Waals surface area (Å²) in [7, 11) is -3.91. The molecule has 0 aromatic rings. The van der Waals surface area contributed by atoms with E-state index in [1.807, 2.05) is 0 Å². The lowest BCUT2D eigenvalue weighted by Crippen LogP contribution is -2.47. The Bertz CT molecular complexity index is 370. The number of rotatable bonds is 2. The van der Waals surface area contributed by atoms with Crippen LogP contribution >= 0.6 is 0 Å². The molecule has 3 atom stereocenters. The molecule has 0 saturated carbocycles. The van der Waals surface area contributed by atoms with Crippen LogP contribution in [0.1, 0.15) is 13.8 Å². The number of halogens is 1. The number of hydrogen-bond donors (Lipinski definition) is 1. The molecule has 0 aromatic carbocycles. The lowest BCUT2D eigenvalue weighted by atomic mass is 10.0. The van der Waals surface area contributed by atoms with Crippen molar-refractivity contribution in [2.75, 3.05) is 0 Å². The number of alkyl halides is 1. The molecule has 0 saturated heterocycles. The van der Waals surface area contributed by atoms with E-state index in [0.717, 1.165) is 6.92 Å². The Labute approximate surface area is 82.9 Å². The first-order valence-electron chi connectivity index (χ1n) is 4.24. The van der Waals surface area contributed by atoms with Crippen LogP contribution in [0.25, 0.3) is 0 Å². The minimum Gasteiger partial charge on any atom is -0.377 e. The molecule has 0 radical (unpaired) electrons. The lowest BCUT2D eigenvalue weighted by Gasteiger charge is -2.30. The molecule has 0 spiro atoms. The molecule has 0 aromatic heterocycles. The Morgan fingerprint density at radius 2 is 2.07 bits per heavy atom. The standard InChI is InChI=1S/C9H13FO3S/c1-7(11)14(12,13)9(2)6-4-3-5-8(9)10/h3-8,11H,1-2H3. The van der Waals surface area contributed by atoms with E-state index < -0.39 is 26.2 Å². The van der Waals surface area contributed by atoms with Gasteiger partial charge in [0, 0.05) is 0 Å². The number of aliphatic hydroxyl groups is 1. The smallest absolute Gasteiger partial charge is 0.188 e. The molecule has 0 aliphatic heterocycles. The number of allylic oxidation sites excluding steroid dienone is 3. The Morgan fingerprint density at radius 1 is 1.50 bits per heavy atom. The highest BCUT2D eigenvalue weighted by molar-refractivity contribution is 7.93. The van der Waals surface area contributed by atoms with Crippen molar-refractivity contribution in [2.45, 2.75) is 30.2 Å². The molecule has 1 aliphatic rings. The summed E-state index contributed by atoms with van der Waals surface area (Å²) >= 11 is 0. The average Bonchev–Trinajstić information content (AvgIpc) is 2.09. The lowest BCUT2D eigenvalue weighted by molar-refractivity contribution is 0.256. The quantitative estimate of drug-likeness (QED) is 0.754. The van der Waals surface area contributed by atoms with Gasteiger partial charge in [0.2, 0.25) is 0 Å². The summed E-state index contributed by atoms with van der Waals surface area (Å²) < 4.78 is 35.1. The van der Waals surface area contributed by atoms with Gasteiger partial charge in [-0.25, -0.2) is 12.8 Å². The maximum atomic E-state index is 13.5. The van der Waals surface area contributed by atoms with Crippen molar-refractivity contribution in [3.63, 3.8) is 0 Å². The van der Waals surface area contributed by atoms with Crippen molar-refractivity contribution in [2.24, 2.45) is 0 Å². The molecule has 3 nitrogen and oxygen atoms in total. The maximum Gasteiger partial charge on any atom is 0.188 e. The van der Waals surface area contributed by atoms with E-state index in [0.29, 0.717) is 0 Å². The minimum atomic E-state index is -3.91. The van der Waals surface area contributed by atoms with Crippen LogP contribution in [0.5, 0.6) is 0 Å². The molecule has 80 valence electrons. The molecular formula is C9H13FO3S. The number of hydrogen-bond acceptors (Lipinski definition) is 3. The number of sulfone groups is 1. The van der Waals surface area contributed by atoms with Gasteiger partial charge >= 0.3 is 0 Å². The van der Waals surface area contributed by atoms with Crippen LogP contribution in [-0.4, -0.2) is 29.9 Å². The van der Waals surface area contributed by atoms with Crippen LogP contribution < -0.4 is 0 Å². The highest BCUT2D eigenvalue weighted by Gasteiger charge is 2.46. The van der Waals surface area contributed by atoms with Crippen LogP contribution in [0, 0.1) is 0 Å². The van der Waals surface area contributed by atoms with Crippen molar-refractivity contribution in [1.82, 2.24) is 0 Å². The van der Waals surface area contributed by atoms with Crippen LogP contribution in [0.2, 0.25) is 0 Å². The van der Waals surface area contributed by atoms with E-state index in [-0.39, 0.29) is 0 Å². The second kappa shape index (κ2) is 3.47. The Morgan fingerprint density at radius 3 is 2.50 bits per heavy atom. The first-order chi connectivity index (χ1) is 6.32. The van der Waals surface area contributed by atoms with Crippen LogP contribution in [0.4, 0.5) is 4.39 Å². The summed E-state index contributed by atoms with van der Waals surface area (Å²) in [4.78, 5) is 0. The summed E-state index contributed by atoms with van der Waals surface area (Å²) in [5.41, 5.74) is -1.57. The highest BCUT2D eigenvalue weighted by Crippen LogP contribution is 2.31. The van der Waals surface area contributed by atoms with Gasteiger partial charge in [-0.3, -0.25) is 0 Å². The Hall–Kier alpha value is -0.680. The minimum absolute atomic E-state index is 1.12. The Balaban J connectivity index is 3.20. The fourth-order valence-corrected chi connectivity index (χ4v) is 2.71. The van der Waals surface area contributed by atoms with E-state index in [9.17, 15) is 12.8 Å². The zero-order chi connectivity index (χ0) is 11.0. The monoisotopic (exact) mass is 220 g/mol. The maximum absolute atomic E-state index is 13.5. The average molecular weight is 220 g/mol. The van der Waals surface area contributed by atoms with E-state index in [4.69, 9.17) is 5.11 Å². The molecule has 1 aliphatic carbocycles. The van der Waals surface area contributed by atoms with E-state index >= 15 is 0 Å². The number of aliphatic hydroxyl groups excluding tert-OH is 1. The van der Waals surface area contributed by atoms with Gasteiger partial charge in [-0.2, -0.15) is 0 Å². The topological polar surface area (TPSA) is 54.4 Å². The third kappa shape index (κ3) is 1.50. The van der Waals surface area contributed by atoms with Gasteiger partial charge in [-0.05, 0) is 19.9 Å². The van der Waals surface area contributed by atoms with E-state index in [1.165, 1.54) is 31.2 Å². The second-order valence-electron chi connectivity index (χ2n) is 3.47. The van der Waals surface area contributed by atoms with Gasteiger partial charge in [-0.1, -0.05) is 18.2 Å². The second-order valence-corrected chi connectivity index (χ2v) is 6.13. The molecule has 1 N–H and O–H groups in total. The summed E-state index contributed by atoms with van der Waals surface area (Å²) in [5, 5.41) is 9.10. The molecular weight excluding hydrogens is 207 g/mol. The molecule has 3 unspecified atom stereocenters. The largest absolute Gasteiger partial charge is 0.377 e. The highest BCUT2D eigenvalue weighted by atomic mass is 32.2. The van der Waals surface area contributed by atoms with Crippen molar-refractivity contribution >= 4 is 9.84 Å². The fourth-order valence-electron chi connectivity index (χ4n) is 1.31. The van der Waals surface area contributed by atoms with E-state index in [1.54, 1.807) is 0 Å². The SMILES string of the molecule is CC(O)S(=O)(=O)C1(C)C=CC=CC1F. The summed E-state index contributed by atoms with van der Waals surface area (Å²) in [6, 6.07) is 0. The summed E-state index contributed by atoms with van der Waals surface area (Å²) in [5.74, 6) is 0. The van der Waals surface area contributed by atoms with Crippen molar-refractivity contribution in [3.05, 3.63) is 24.3 Å².